The van der Waals surface area contributed by atoms with Gasteiger partial charge in [-0.1, -0.05) is 6.07 Å². The van der Waals surface area contributed by atoms with Crippen LogP contribution in [-0.4, -0.2) is 53.6 Å². The average molecular weight is 352 g/mol. The van der Waals surface area contributed by atoms with Gasteiger partial charge in [0.15, 0.2) is 11.6 Å². The van der Waals surface area contributed by atoms with E-state index in [4.69, 9.17) is 5.11 Å². The minimum Gasteiger partial charge on any atom is -0.396 e. The molecule has 2 saturated heterocycles. The molecule has 1 N–H and O–H groups in total. The molecule has 6 heteroatoms. The van der Waals surface area contributed by atoms with Crippen molar-refractivity contribution in [2.24, 2.45) is 5.41 Å². The molecule has 3 rings (SSSR count). The van der Waals surface area contributed by atoms with Crippen molar-refractivity contribution in [3.05, 3.63) is 35.4 Å². The molecule has 0 radical (unpaired) electrons. The number of carbonyl (C=O) groups excluding carboxylic acids is 1. The zero-order valence-electron chi connectivity index (χ0n) is 14.5. The summed E-state index contributed by atoms with van der Waals surface area (Å²) in [6.45, 7) is 3.85. The number of carbonyl (C=O) groups is 1. The number of amides is 1. The van der Waals surface area contributed by atoms with Crippen LogP contribution in [0.15, 0.2) is 18.2 Å². The lowest BCUT2D eigenvalue weighted by molar-refractivity contribution is -0.139. The van der Waals surface area contributed by atoms with Gasteiger partial charge < -0.3 is 10.0 Å². The summed E-state index contributed by atoms with van der Waals surface area (Å²) in [5, 5.41) is 9.03. The van der Waals surface area contributed by atoms with Crippen LogP contribution in [0.1, 0.15) is 37.7 Å². The van der Waals surface area contributed by atoms with E-state index in [2.05, 4.69) is 4.90 Å². The van der Waals surface area contributed by atoms with Crippen molar-refractivity contribution in [3.8, 4) is 0 Å². The Balaban J connectivity index is 1.65. The van der Waals surface area contributed by atoms with Crippen molar-refractivity contribution in [1.29, 1.82) is 0 Å². The molecule has 1 spiro atoms. The zero-order chi connectivity index (χ0) is 17.9. The summed E-state index contributed by atoms with van der Waals surface area (Å²) in [4.78, 5) is 16.3. The molecular weight excluding hydrogens is 326 g/mol. The summed E-state index contributed by atoms with van der Waals surface area (Å²) in [6.07, 6.45) is 4.19. The summed E-state index contributed by atoms with van der Waals surface area (Å²) in [5.41, 5.74) is 0.861. The van der Waals surface area contributed by atoms with Crippen LogP contribution in [-0.2, 0) is 11.3 Å². The van der Waals surface area contributed by atoms with Gasteiger partial charge in [-0.3, -0.25) is 9.69 Å². The third kappa shape index (κ3) is 4.36. The lowest BCUT2D eigenvalue weighted by atomic mass is 9.73. The number of likely N-dealkylation sites (tertiary alicyclic amines) is 2. The minimum absolute atomic E-state index is 0.0835. The molecule has 1 aromatic carbocycles. The number of hydrogen-bond acceptors (Lipinski definition) is 3. The van der Waals surface area contributed by atoms with Gasteiger partial charge in [-0.2, -0.15) is 0 Å². The largest absolute Gasteiger partial charge is 0.396 e. The Hall–Kier alpha value is -1.53. The van der Waals surface area contributed by atoms with E-state index in [0.29, 0.717) is 25.9 Å². The molecule has 0 saturated carbocycles. The fourth-order valence-electron chi connectivity index (χ4n) is 4.24. The monoisotopic (exact) mass is 352 g/mol. The van der Waals surface area contributed by atoms with E-state index in [1.54, 1.807) is 6.07 Å². The number of aliphatic hydroxyl groups excluding tert-OH is 1. The standard InChI is InChI=1S/C19H26F2N2O2/c20-16-4-3-15(11-17(16)21)12-22-8-1-6-19(13-22)7-5-18(25)23(14-19)9-2-10-24/h3-4,11,24H,1-2,5-10,12-14H2. The summed E-state index contributed by atoms with van der Waals surface area (Å²) in [6, 6.07) is 4.09. The predicted octanol–water partition coefficient (Wildman–Crippen LogP) is 2.55. The van der Waals surface area contributed by atoms with Gasteiger partial charge in [0, 0.05) is 44.6 Å². The number of benzene rings is 1. The Bertz CT molecular complexity index is 625. The van der Waals surface area contributed by atoms with Crippen LogP contribution in [0.5, 0.6) is 0 Å². The van der Waals surface area contributed by atoms with Gasteiger partial charge in [-0.15, -0.1) is 0 Å². The second-order valence-electron chi connectivity index (χ2n) is 7.46. The third-order valence-corrected chi connectivity index (χ3v) is 5.46. The Labute approximate surface area is 147 Å². The highest BCUT2D eigenvalue weighted by Gasteiger charge is 2.41. The maximum absolute atomic E-state index is 13.4. The first-order chi connectivity index (χ1) is 12.0. The molecule has 1 unspecified atom stereocenters. The molecule has 0 aliphatic carbocycles. The van der Waals surface area contributed by atoms with Crippen molar-refractivity contribution in [3.63, 3.8) is 0 Å². The Morgan fingerprint density at radius 3 is 2.76 bits per heavy atom. The molecule has 1 atom stereocenters. The molecule has 1 amide bonds. The summed E-state index contributed by atoms with van der Waals surface area (Å²) in [7, 11) is 0. The first-order valence-corrected chi connectivity index (χ1v) is 9.06. The van der Waals surface area contributed by atoms with E-state index in [0.717, 1.165) is 44.5 Å². The molecular formula is C19H26F2N2O2. The highest BCUT2D eigenvalue weighted by Crippen LogP contribution is 2.39. The molecule has 2 fully saturated rings. The first-order valence-electron chi connectivity index (χ1n) is 9.06. The molecule has 0 bridgehead atoms. The van der Waals surface area contributed by atoms with Gasteiger partial charge in [0.25, 0.3) is 0 Å². The number of rotatable bonds is 5. The van der Waals surface area contributed by atoms with Gasteiger partial charge in [0.2, 0.25) is 5.91 Å². The molecule has 2 aliphatic rings. The van der Waals surface area contributed by atoms with Crippen LogP contribution in [0.3, 0.4) is 0 Å². The van der Waals surface area contributed by atoms with Crippen molar-refractivity contribution >= 4 is 5.91 Å². The fraction of sp³-hybridized carbons (Fsp3) is 0.632. The molecule has 138 valence electrons. The maximum atomic E-state index is 13.4. The van der Waals surface area contributed by atoms with Crippen LogP contribution in [0.2, 0.25) is 0 Å². The van der Waals surface area contributed by atoms with E-state index < -0.39 is 11.6 Å². The van der Waals surface area contributed by atoms with E-state index >= 15 is 0 Å². The second kappa shape index (κ2) is 7.79. The molecule has 25 heavy (non-hydrogen) atoms. The molecule has 4 nitrogen and oxygen atoms in total. The second-order valence-corrected chi connectivity index (χ2v) is 7.46. The van der Waals surface area contributed by atoms with Crippen molar-refractivity contribution in [2.45, 2.75) is 38.6 Å². The fourth-order valence-corrected chi connectivity index (χ4v) is 4.24. The number of nitrogens with zero attached hydrogens (tertiary/aromatic N) is 2. The van der Waals surface area contributed by atoms with Crippen molar-refractivity contribution in [2.75, 3.05) is 32.8 Å². The minimum atomic E-state index is -0.816. The summed E-state index contributed by atoms with van der Waals surface area (Å²) in [5.74, 6) is -1.44. The van der Waals surface area contributed by atoms with Gasteiger partial charge in [-0.25, -0.2) is 8.78 Å². The van der Waals surface area contributed by atoms with Crippen molar-refractivity contribution in [1.82, 2.24) is 9.80 Å². The third-order valence-electron chi connectivity index (χ3n) is 5.46. The number of piperidine rings is 2. The Kier molecular flexibility index (Phi) is 5.69. The SMILES string of the molecule is O=C1CCC2(CCCN(Cc3ccc(F)c(F)c3)C2)CN1CCCO. The van der Waals surface area contributed by atoms with Crippen LogP contribution < -0.4 is 0 Å². The van der Waals surface area contributed by atoms with E-state index in [9.17, 15) is 13.6 Å². The molecule has 2 aliphatic heterocycles. The first kappa shape index (κ1) is 18.3. The van der Waals surface area contributed by atoms with E-state index in [1.807, 2.05) is 4.90 Å². The summed E-state index contributed by atoms with van der Waals surface area (Å²) < 4.78 is 26.5. The highest BCUT2D eigenvalue weighted by molar-refractivity contribution is 5.77. The quantitative estimate of drug-likeness (QED) is 0.886. The number of halogens is 2. The number of hydrogen-bond donors (Lipinski definition) is 1. The summed E-state index contributed by atoms with van der Waals surface area (Å²) >= 11 is 0. The predicted molar refractivity (Wildman–Crippen MR) is 90.8 cm³/mol. The Morgan fingerprint density at radius 1 is 1.16 bits per heavy atom. The van der Waals surface area contributed by atoms with Gasteiger partial charge in [0.1, 0.15) is 0 Å². The number of aliphatic hydroxyl groups is 1. The Morgan fingerprint density at radius 2 is 2.00 bits per heavy atom. The highest BCUT2D eigenvalue weighted by atomic mass is 19.2. The van der Waals surface area contributed by atoms with Crippen LogP contribution >= 0.6 is 0 Å². The van der Waals surface area contributed by atoms with Crippen molar-refractivity contribution < 1.29 is 18.7 Å². The van der Waals surface area contributed by atoms with Gasteiger partial charge in [-0.05, 0) is 49.9 Å². The van der Waals surface area contributed by atoms with Gasteiger partial charge >= 0.3 is 0 Å². The average Bonchev–Trinajstić information content (AvgIpc) is 2.59. The topological polar surface area (TPSA) is 43.8 Å². The molecule has 2 heterocycles. The molecule has 1 aromatic rings. The zero-order valence-corrected chi connectivity index (χ0v) is 14.5. The van der Waals surface area contributed by atoms with E-state index in [1.165, 1.54) is 12.1 Å². The normalized spacial score (nSPS) is 24.9. The lowest BCUT2D eigenvalue weighted by Gasteiger charge is -2.48. The maximum Gasteiger partial charge on any atom is 0.222 e. The van der Waals surface area contributed by atoms with Crippen LogP contribution in [0.4, 0.5) is 8.78 Å². The van der Waals surface area contributed by atoms with E-state index in [-0.39, 0.29) is 17.9 Å². The van der Waals surface area contributed by atoms with Crippen LogP contribution in [0.25, 0.3) is 0 Å². The van der Waals surface area contributed by atoms with Gasteiger partial charge in [0.05, 0.1) is 0 Å². The lowest BCUT2D eigenvalue weighted by Crippen LogP contribution is -2.54. The molecule has 0 aromatic heterocycles. The van der Waals surface area contributed by atoms with Crippen LogP contribution in [0, 0.1) is 17.0 Å². The smallest absolute Gasteiger partial charge is 0.222 e.